The molecular formula is C14H20N4O3. The molecule has 0 aliphatic carbocycles. The SMILES string of the molecule is Cc1cc(CN2CCN(C(=O)[C@@H]3CCC(=O)N3)CC2)on1. The largest absolute Gasteiger partial charge is 0.360 e. The number of aryl methyl sites for hydroxylation is 1. The van der Waals surface area contributed by atoms with Crippen molar-refractivity contribution in [2.45, 2.75) is 32.4 Å². The van der Waals surface area contributed by atoms with Crippen LogP contribution < -0.4 is 5.32 Å². The van der Waals surface area contributed by atoms with Crippen molar-refractivity contribution in [1.29, 1.82) is 0 Å². The molecule has 114 valence electrons. The van der Waals surface area contributed by atoms with E-state index in [1.807, 2.05) is 17.9 Å². The van der Waals surface area contributed by atoms with Crippen LogP contribution in [-0.2, 0) is 16.1 Å². The molecule has 1 atom stereocenters. The van der Waals surface area contributed by atoms with E-state index in [1.54, 1.807) is 0 Å². The van der Waals surface area contributed by atoms with Crippen LogP contribution in [0, 0.1) is 6.92 Å². The Morgan fingerprint density at radius 3 is 2.76 bits per heavy atom. The Kier molecular flexibility index (Phi) is 3.92. The molecule has 0 bridgehead atoms. The van der Waals surface area contributed by atoms with Gasteiger partial charge in [0.05, 0.1) is 12.2 Å². The van der Waals surface area contributed by atoms with Gasteiger partial charge in [0.1, 0.15) is 6.04 Å². The van der Waals surface area contributed by atoms with Crippen molar-refractivity contribution in [3.8, 4) is 0 Å². The second-order valence-electron chi connectivity index (χ2n) is 5.69. The highest BCUT2D eigenvalue weighted by Gasteiger charge is 2.32. The van der Waals surface area contributed by atoms with E-state index in [4.69, 9.17) is 4.52 Å². The summed E-state index contributed by atoms with van der Waals surface area (Å²) in [6.07, 6.45) is 1.08. The molecule has 0 radical (unpaired) electrons. The molecule has 3 rings (SSSR count). The number of carbonyl (C=O) groups is 2. The summed E-state index contributed by atoms with van der Waals surface area (Å²) in [5.41, 5.74) is 0.885. The highest BCUT2D eigenvalue weighted by molar-refractivity contribution is 5.90. The zero-order chi connectivity index (χ0) is 14.8. The number of aromatic nitrogens is 1. The second kappa shape index (κ2) is 5.85. The first-order valence-corrected chi connectivity index (χ1v) is 7.34. The molecule has 7 nitrogen and oxygen atoms in total. The van der Waals surface area contributed by atoms with Crippen molar-refractivity contribution in [2.75, 3.05) is 26.2 Å². The molecule has 1 N–H and O–H groups in total. The summed E-state index contributed by atoms with van der Waals surface area (Å²) in [6, 6.07) is 1.62. The third kappa shape index (κ3) is 3.24. The standard InChI is InChI=1S/C14H20N4O3/c1-10-8-11(21-16-10)9-17-4-6-18(7-5-17)14(20)12-2-3-13(19)15-12/h8,12H,2-7,9H2,1H3,(H,15,19)/t12-/m0/s1. The molecule has 2 saturated heterocycles. The van der Waals surface area contributed by atoms with Gasteiger partial charge in [-0.1, -0.05) is 5.16 Å². The van der Waals surface area contributed by atoms with Crippen molar-refractivity contribution in [2.24, 2.45) is 0 Å². The van der Waals surface area contributed by atoms with Gasteiger partial charge >= 0.3 is 0 Å². The zero-order valence-electron chi connectivity index (χ0n) is 12.2. The average Bonchev–Trinajstić information content (AvgIpc) is 3.08. The first-order valence-electron chi connectivity index (χ1n) is 7.34. The minimum Gasteiger partial charge on any atom is -0.360 e. The summed E-state index contributed by atoms with van der Waals surface area (Å²) in [5, 5.41) is 6.62. The number of amides is 2. The maximum absolute atomic E-state index is 12.3. The minimum atomic E-state index is -0.319. The first-order chi connectivity index (χ1) is 10.1. The number of carbonyl (C=O) groups excluding carboxylic acids is 2. The fourth-order valence-corrected chi connectivity index (χ4v) is 2.86. The lowest BCUT2D eigenvalue weighted by molar-refractivity contribution is -0.136. The molecule has 1 aromatic heterocycles. The number of rotatable bonds is 3. The number of hydrogen-bond acceptors (Lipinski definition) is 5. The summed E-state index contributed by atoms with van der Waals surface area (Å²) in [5.74, 6) is 0.888. The summed E-state index contributed by atoms with van der Waals surface area (Å²) >= 11 is 0. The van der Waals surface area contributed by atoms with E-state index in [2.05, 4.69) is 15.4 Å². The quantitative estimate of drug-likeness (QED) is 0.842. The molecule has 0 aromatic carbocycles. The van der Waals surface area contributed by atoms with E-state index < -0.39 is 0 Å². The Balaban J connectivity index is 1.48. The van der Waals surface area contributed by atoms with Crippen LogP contribution >= 0.6 is 0 Å². The van der Waals surface area contributed by atoms with Gasteiger partial charge in [-0.15, -0.1) is 0 Å². The van der Waals surface area contributed by atoms with Crippen LogP contribution in [0.4, 0.5) is 0 Å². The van der Waals surface area contributed by atoms with Gasteiger partial charge in [-0.3, -0.25) is 14.5 Å². The summed E-state index contributed by atoms with van der Waals surface area (Å²) in [4.78, 5) is 27.6. The van der Waals surface area contributed by atoms with Crippen molar-refractivity contribution in [3.05, 3.63) is 17.5 Å². The molecule has 0 spiro atoms. The van der Waals surface area contributed by atoms with Crippen LogP contribution in [-0.4, -0.2) is 59.0 Å². The van der Waals surface area contributed by atoms with E-state index >= 15 is 0 Å². The number of hydrogen-bond donors (Lipinski definition) is 1. The predicted octanol–water partition coefficient (Wildman–Crippen LogP) is -0.0942. The van der Waals surface area contributed by atoms with Gasteiger partial charge in [0.25, 0.3) is 0 Å². The Labute approximate surface area is 123 Å². The monoisotopic (exact) mass is 292 g/mol. The molecule has 1 aromatic rings. The number of piperazine rings is 1. The van der Waals surface area contributed by atoms with E-state index in [1.165, 1.54) is 0 Å². The summed E-state index contributed by atoms with van der Waals surface area (Å²) in [6.45, 7) is 5.64. The van der Waals surface area contributed by atoms with E-state index in [-0.39, 0.29) is 17.9 Å². The van der Waals surface area contributed by atoms with Gasteiger partial charge < -0.3 is 14.7 Å². The Morgan fingerprint density at radius 2 is 2.19 bits per heavy atom. The Hall–Kier alpha value is -1.89. The van der Waals surface area contributed by atoms with Gasteiger partial charge in [-0.05, 0) is 13.3 Å². The molecule has 2 aliphatic heterocycles. The molecule has 2 amide bonds. The molecule has 2 fully saturated rings. The van der Waals surface area contributed by atoms with Crippen LogP contribution in [0.5, 0.6) is 0 Å². The lowest BCUT2D eigenvalue weighted by atomic mass is 10.2. The maximum atomic E-state index is 12.3. The van der Waals surface area contributed by atoms with E-state index in [9.17, 15) is 9.59 Å². The fourth-order valence-electron chi connectivity index (χ4n) is 2.86. The lowest BCUT2D eigenvalue weighted by Crippen LogP contribution is -2.53. The molecule has 3 heterocycles. The first kappa shape index (κ1) is 14.1. The number of nitrogens with one attached hydrogen (secondary N) is 1. The van der Waals surface area contributed by atoms with Gasteiger partial charge in [0.15, 0.2) is 5.76 Å². The second-order valence-corrected chi connectivity index (χ2v) is 5.69. The molecule has 7 heteroatoms. The maximum Gasteiger partial charge on any atom is 0.245 e. The third-order valence-corrected chi connectivity index (χ3v) is 4.03. The highest BCUT2D eigenvalue weighted by Crippen LogP contribution is 2.13. The van der Waals surface area contributed by atoms with E-state index in [0.717, 1.165) is 31.1 Å². The molecule has 2 aliphatic rings. The van der Waals surface area contributed by atoms with Crippen LogP contribution in [0.3, 0.4) is 0 Å². The third-order valence-electron chi connectivity index (χ3n) is 4.03. The molecule has 0 saturated carbocycles. The molecular weight excluding hydrogens is 272 g/mol. The highest BCUT2D eigenvalue weighted by atomic mass is 16.5. The summed E-state index contributed by atoms with van der Waals surface area (Å²) in [7, 11) is 0. The normalized spacial score (nSPS) is 23.4. The van der Waals surface area contributed by atoms with Crippen LogP contribution in [0.15, 0.2) is 10.6 Å². The van der Waals surface area contributed by atoms with Gasteiger partial charge in [-0.25, -0.2) is 0 Å². The molecule has 0 unspecified atom stereocenters. The smallest absolute Gasteiger partial charge is 0.245 e. The summed E-state index contributed by atoms with van der Waals surface area (Å²) < 4.78 is 5.21. The van der Waals surface area contributed by atoms with Crippen molar-refractivity contribution in [3.63, 3.8) is 0 Å². The van der Waals surface area contributed by atoms with Gasteiger partial charge in [0.2, 0.25) is 11.8 Å². The Morgan fingerprint density at radius 1 is 1.43 bits per heavy atom. The molecule has 21 heavy (non-hydrogen) atoms. The van der Waals surface area contributed by atoms with E-state index in [0.29, 0.717) is 25.9 Å². The van der Waals surface area contributed by atoms with Crippen molar-refractivity contribution < 1.29 is 14.1 Å². The van der Waals surface area contributed by atoms with Crippen molar-refractivity contribution >= 4 is 11.8 Å². The predicted molar refractivity (Wildman–Crippen MR) is 74.3 cm³/mol. The van der Waals surface area contributed by atoms with Crippen LogP contribution in [0.2, 0.25) is 0 Å². The van der Waals surface area contributed by atoms with Crippen molar-refractivity contribution in [1.82, 2.24) is 20.3 Å². The average molecular weight is 292 g/mol. The van der Waals surface area contributed by atoms with Crippen LogP contribution in [0.25, 0.3) is 0 Å². The van der Waals surface area contributed by atoms with Gasteiger partial charge in [-0.2, -0.15) is 0 Å². The zero-order valence-corrected chi connectivity index (χ0v) is 12.2. The van der Waals surface area contributed by atoms with Crippen LogP contribution in [0.1, 0.15) is 24.3 Å². The fraction of sp³-hybridized carbons (Fsp3) is 0.643. The van der Waals surface area contributed by atoms with Gasteiger partial charge in [0, 0.05) is 38.7 Å². The minimum absolute atomic E-state index is 0.0207. The number of nitrogens with zero attached hydrogens (tertiary/aromatic N) is 3. The topological polar surface area (TPSA) is 78.7 Å². The lowest BCUT2D eigenvalue weighted by Gasteiger charge is -2.35. The Bertz CT molecular complexity index is 534.